The first-order chi connectivity index (χ1) is 71.5. The van der Waals surface area contributed by atoms with E-state index in [1.807, 2.05) is 6.07 Å². The van der Waals surface area contributed by atoms with E-state index in [0.29, 0.717) is 23.7 Å². The minimum atomic E-state index is 0.653. The van der Waals surface area contributed by atoms with Crippen molar-refractivity contribution < 1.29 is 4.42 Å². The maximum absolute atomic E-state index is 6.50. The minimum Gasteiger partial charge on any atom is -0.455 e. The summed E-state index contributed by atoms with van der Waals surface area (Å²) in [5.74, 6) is 2.68. The molecule has 0 amide bonds. The van der Waals surface area contributed by atoms with E-state index in [9.17, 15) is 0 Å². The van der Waals surface area contributed by atoms with Gasteiger partial charge in [0.25, 0.3) is 0 Å². The Labute approximate surface area is 843 Å². The first-order valence-electron chi connectivity index (χ1n) is 53.4. The fourth-order valence-corrected chi connectivity index (χ4v) is 26.4. The van der Waals surface area contributed by atoms with Gasteiger partial charge in [0.15, 0.2) is 0 Å². The molecule has 4 fully saturated rings. The van der Waals surface area contributed by atoms with Gasteiger partial charge < -0.3 is 22.7 Å². The zero-order valence-electron chi connectivity index (χ0n) is 81.8. The van der Waals surface area contributed by atoms with Gasteiger partial charge in [0.2, 0.25) is 0 Å². The molecule has 4 saturated carbocycles. The van der Waals surface area contributed by atoms with E-state index in [0.717, 1.165) is 33.9 Å². The van der Waals surface area contributed by atoms with Crippen molar-refractivity contribution in [3.63, 3.8) is 0 Å². The summed E-state index contributed by atoms with van der Waals surface area (Å²) in [6, 6.07) is 158. The van der Waals surface area contributed by atoms with Gasteiger partial charge in [-0.3, -0.25) is 0 Å². The van der Waals surface area contributed by atoms with Crippen molar-refractivity contribution in [1.29, 1.82) is 0 Å². The van der Waals surface area contributed by atoms with Gasteiger partial charge in [-0.05, 0) is 274 Å². The summed E-state index contributed by atoms with van der Waals surface area (Å²) >= 11 is 0. The van der Waals surface area contributed by atoms with Crippen LogP contribution in [-0.4, -0.2) is 18.3 Å². The zero-order valence-corrected chi connectivity index (χ0v) is 81.8. The highest BCUT2D eigenvalue weighted by Crippen LogP contribution is 2.51. The van der Waals surface area contributed by atoms with Crippen LogP contribution in [0.1, 0.15) is 185 Å². The minimum absolute atomic E-state index is 0.653. The number of nitrogens with zero attached hydrogens (tertiary/aromatic N) is 4. The lowest BCUT2D eigenvalue weighted by atomic mass is 9.81. The number of benzene rings is 19. The van der Waals surface area contributed by atoms with Crippen LogP contribution >= 0.6 is 0 Å². The van der Waals surface area contributed by atoms with Crippen molar-refractivity contribution in [1.82, 2.24) is 18.3 Å². The van der Waals surface area contributed by atoms with Gasteiger partial charge in [-0.2, -0.15) is 0 Å². The Morgan fingerprint density at radius 3 is 1.21 bits per heavy atom. The molecule has 0 aliphatic heterocycles. The molecule has 5 aliphatic carbocycles. The fraction of sp³-hybridized carbons (Fsp3) is 0.180. The Balaban J connectivity index is 0.000000108. The van der Waals surface area contributed by atoms with E-state index in [-0.39, 0.29) is 0 Å². The van der Waals surface area contributed by atoms with Crippen molar-refractivity contribution in [2.24, 2.45) is 0 Å². The highest BCUT2D eigenvalue weighted by atomic mass is 16.3. The maximum atomic E-state index is 6.50. The largest absolute Gasteiger partial charge is 0.455 e. The highest BCUT2D eigenvalue weighted by molar-refractivity contribution is 6.18. The van der Waals surface area contributed by atoms with Crippen molar-refractivity contribution in [2.75, 3.05) is 0 Å². The zero-order chi connectivity index (χ0) is 95.1. The van der Waals surface area contributed by atoms with Crippen LogP contribution in [0.3, 0.4) is 0 Å². The molecule has 0 atom stereocenters. The van der Waals surface area contributed by atoms with Crippen molar-refractivity contribution in [3.8, 4) is 101 Å². The average molecular weight is 1860 g/mol. The van der Waals surface area contributed by atoms with E-state index in [1.165, 1.54) is 333 Å². The van der Waals surface area contributed by atoms with Gasteiger partial charge in [-0.15, -0.1) is 0 Å². The quantitative estimate of drug-likeness (QED) is 0.107. The van der Waals surface area contributed by atoms with E-state index >= 15 is 0 Å². The van der Waals surface area contributed by atoms with Crippen LogP contribution in [-0.2, 0) is 6.42 Å². The normalized spacial score (nSPS) is 14.9. The van der Waals surface area contributed by atoms with E-state index < -0.39 is 0 Å². The lowest BCUT2D eigenvalue weighted by molar-refractivity contribution is 0.444. The molecule has 0 N–H and O–H groups in total. The molecule has 698 valence electrons. The Bertz CT molecular complexity index is 9010. The molecule has 144 heavy (non-hydrogen) atoms. The summed E-state index contributed by atoms with van der Waals surface area (Å²) in [4.78, 5) is 0. The number of rotatable bonds is 14. The summed E-state index contributed by atoms with van der Waals surface area (Å²) in [5, 5.41) is 13.1. The van der Waals surface area contributed by atoms with Crippen LogP contribution in [0.2, 0.25) is 0 Å². The highest BCUT2D eigenvalue weighted by Gasteiger charge is 2.30. The lowest BCUT2D eigenvalue weighted by Gasteiger charge is -2.23. The number of hydrogen-bond donors (Lipinski definition) is 0. The molecular formula is C139H116N4O. The van der Waals surface area contributed by atoms with Crippen molar-refractivity contribution >= 4 is 109 Å². The van der Waals surface area contributed by atoms with Crippen LogP contribution in [0.4, 0.5) is 0 Å². The second-order valence-electron chi connectivity index (χ2n) is 41.6. The third-order valence-electron chi connectivity index (χ3n) is 33.4. The van der Waals surface area contributed by atoms with Gasteiger partial charge >= 0.3 is 0 Å². The Morgan fingerprint density at radius 1 is 0.188 bits per heavy atom. The molecule has 5 heteroatoms. The molecule has 5 nitrogen and oxygen atoms in total. The third kappa shape index (κ3) is 15.5. The summed E-state index contributed by atoms with van der Waals surface area (Å²) in [7, 11) is 0. The molecule has 0 unspecified atom stereocenters. The molecule has 0 radical (unpaired) electrons. The van der Waals surface area contributed by atoms with Crippen molar-refractivity contribution in [3.05, 3.63) is 458 Å². The molecule has 0 saturated heterocycles. The predicted molar refractivity (Wildman–Crippen MR) is 608 cm³/mol. The van der Waals surface area contributed by atoms with Crippen LogP contribution in [0, 0.1) is 0 Å². The molecule has 5 aromatic heterocycles. The van der Waals surface area contributed by atoms with E-state index in [1.54, 1.807) is 11.1 Å². The molecule has 0 spiro atoms. The second-order valence-corrected chi connectivity index (χ2v) is 41.6. The number of aromatic nitrogens is 4. The number of hydrogen-bond acceptors (Lipinski definition) is 1. The first kappa shape index (κ1) is 87.2. The van der Waals surface area contributed by atoms with Gasteiger partial charge in [-0.25, -0.2) is 0 Å². The number of para-hydroxylation sites is 9. The van der Waals surface area contributed by atoms with Crippen LogP contribution in [0.25, 0.3) is 210 Å². The van der Waals surface area contributed by atoms with Crippen molar-refractivity contribution in [2.45, 2.75) is 159 Å². The Kier molecular flexibility index (Phi) is 22.8. The SMILES string of the molecule is c1ccc(-c2cccc3c2oc2ccccc23)c(-c2ccccc2-n2c3ccccc3c3cc(C4CCCCC4)ccc32)c1.c1ccc(-n2c3ccccc3c3c(-c4ccc(-c5ccccc5-n5c6ccccc6c6ccc(C7CCCCC7)cc65)cc4)cccc32)cc1.c1ccc2c(c1)Cc1ccc(-c3ccc(-c4ccccc4-n4c5ccc(C6CCCCC6)cc5c5c(C6CCCCC6)cccc54)cc3)cc1-2. The molecule has 24 aromatic rings. The smallest absolute Gasteiger partial charge is 0.143 e. The van der Waals surface area contributed by atoms with Crippen LogP contribution in [0.5, 0.6) is 0 Å². The topological polar surface area (TPSA) is 32.9 Å². The molecule has 19 aromatic carbocycles. The van der Waals surface area contributed by atoms with Crippen LogP contribution < -0.4 is 0 Å². The monoisotopic (exact) mass is 1860 g/mol. The van der Waals surface area contributed by atoms with E-state index in [2.05, 4.69) is 437 Å². The predicted octanol–water partition coefficient (Wildman–Crippen LogP) is 39.1. The molecule has 5 aliphatic rings. The number of furan rings is 1. The van der Waals surface area contributed by atoms with Gasteiger partial charge in [-0.1, -0.05) is 399 Å². The van der Waals surface area contributed by atoms with Gasteiger partial charge in [0, 0.05) is 81.8 Å². The molecular weight excluding hydrogens is 1740 g/mol. The Morgan fingerprint density at radius 2 is 0.576 bits per heavy atom. The number of fused-ring (bicyclic) bond motifs is 18. The first-order valence-corrected chi connectivity index (χ1v) is 53.4. The standard InChI is InChI=1S/C49H45N.C48H38N2.C42H33NO/c1-3-12-33(13-4-1)38-28-29-47-45(32-38)49-43(35-14-5-2-6-15-35)19-11-21-48(49)50(47)46-20-10-9-18-42(46)36-24-22-34(23-25-36)37-26-27-40-30-39-16-7-8-17-41(39)44(40)31-37;1-3-14-33(15-4-1)36-30-31-41-40-19-8-11-23-44(40)50(47(41)32-36)43-22-10-7-18-38(43)34-26-28-35(29-27-34)39-21-13-25-46-48(39)42-20-9-12-24-45(42)49(46)37-16-5-2-6-17-37;1-2-13-28(14-3-1)29-25-26-40-37(27-29)33-18-7-10-23-39(33)43(40)38-22-9-6-17-32(38)30-15-4-5-16-31(30)35-20-12-21-36-34-19-8-11-24-41(34)44-42(35)36/h7-11,16-29,31-33,35H,1-6,12-15,30H2;2,5-13,16-33H,1,3-4,14-15H2;4-12,15-28H,1-3,13-14H2. The molecule has 0 bridgehead atoms. The summed E-state index contributed by atoms with van der Waals surface area (Å²) < 4.78 is 16.5. The summed E-state index contributed by atoms with van der Waals surface area (Å²) in [5.41, 5.74) is 43.4. The van der Waals surface area contributed by atoms with E-state index in [4.69, 9.17) is 4.42 Å². The maximum Gasteiger partial charge on any atom is 0.143 e. The molecule has 29 rings (SSSR count). The van der Waals surface area contributed by atoms with Crippen LogP contribution in [0.15, 0.2) is 429 Å². The lowest BCUT2D eigenvalue weighted by Crippen LogP contribution is -2.05. The van der Waals surface area contributed by atoms with Gasteiger partial charge in [0.1, 0.15) is 11.2 Å². The second kappa shape index (κ2) is 37.6. The third-order valence-corrected chi connectivity index (χ3v) is 33.4. The average Bonchev–Trinajstić information content (AvgIpc) is 1.58. The summed E-state index contributed by atoms with van der Waals surface area (Å²) in [6.07, 6.45) is 27.9. The van der Waals surface area contributed by atoms with Gasteiger partial charge in [0.05, 0.1) is 61.2 Å². The molecule has 5 heterocycles. The fourth-order valence-electron chi connectivity index (χ4n) is 26.4. The summed E-state index contributed by atoms with van der Waals surface area (Å²) in [6.45, 7) is 0. The Hall–Kier alpha value is -15.8.